The summed E-state index contributed by atoms with van der Waals surface area (Å²) in [5, 5.41) is 3.22. The van der Waals surface area contributed by atoms with Gasteiger partial charge in [0.2, 0.25) is 5.91 Å². The van der Waals surface area contributed by atoms with Crippen LogP contribution in [0.3, 0.4) is 0 Å². The molecule has 120 valence electrons. The monoisotopic (exact) mass is 300 g/mol. The third kappa shape index (κ3) is 3.05. The first-order valence-corrected chi connectivity index (χ1v) is 8.63. The summed E-state index contributed by atoms with van der Waals surface area (Å²) in [7, 11) is 4.29. The van der Waals surface area contributed by atoms with Crippen molar-refractivity contribution in [3.8, 4) is 0 Å². The molecule has 0 aromatic heterocycles. The van der Waals surface area contributed by atoms with Gasteiger partial charge >= 0.3 is 0 Å². The van der Waals surface area contributed by atoms with Crippen LogP contribution in [0.5, 0.6) is 0 Å². The van der Waals surface area contributed by atoms with Gasteiger partial charge in [-0.25, -0.2) is 0 Å². The SMILES string of the molecule is CN(C)C1(CNC(=O)CC2CCc3ccccc32)CCCC1. The van der Waals surface area contributed by atoms with Crippen LogP contribution < -0.4 is 5.32 Å². The molecular formula is C19H28N2O. The first-order valence-electron chi connectivity index (χ1n) is 8.63. The van der Waals surface area contributed by atoms with E-state index in [4.69, 9.17) is 0 Å². The number of amides is 1. The number of hydrogen-bond donors (Lipinski definition) is 1. The molecule has 0 spiro atoms. The number of benzene rings is 1. The molecule has 1 atom stereocenters. The van der Waals surface area contributed by atoms with Gasteiger partial charge in [0.25, 0.3) is 0 Å². The molecule has 0 saturated heterocycles. The molecule has 2 aliphatic rings. The van der Waals surface area contributed by atoms with E-state index in [1.807, 2.05) is 0 Å². The Morgan fingerprint density at radius 2 is 2.00 bits per heavy atom. The minimum atomic E-state index is 0.184. The number of aryl methyl sites for hydroxylation is 1. The fourth-order valence-corrected chi connectivity index (χ4v) is 4.23. The molecular weight excluding hydrogens is 272 g/mol. The second kappa shape index (κ2) is 6.41. The molecule has 0 heterocycles. The number of nitrogens with zero attached hydrogens (tertiary/aromatic N) is 1. The molecule has 0 bridgehead atoms. The Kier molecular flexibility index (Phi) is 4.53. The molecule has 3 nitrogen and oxygen atoms in total. The van der Waals surface area contributed by atoms with E-state index in [1.54, 1.807) is 0 Å². The lowest BCUT2D eigenvalue weighted by atomic mass is 9.94. The van der Waals surface area contributed by atoms with E-state index in [-0.39, 0.29) is 11.4 Å². The molecule has 0 radical (unpaired) electrons. The van der Waals surface area contributed by atoms with Gasteiger partial charge < -0.3 is 10.2 Å². The highest BCUT2D eigenvalue weighted by Crippen LogP contribution is 2.36. The standard InChI is InChI=1S/C19H28N2O/c1-21(2)19(11-5-6-12-19)14-20-18(22)13-16-10-9-15-7-3-4-8-17(15)16/h3-4,7-8,16H,5-6,9-14H2,1-2H3,(H,20,22). The van der Waals surface area contributed by atoms with Gasteiger partial charge in [-0.15, -0.1) is 0 Å². The third-order valence-corrected chi connectivity index (χ3v) is 5.79. The van der Waals surface area contributed by atoms with Gasteiger partial charge in [0, 0.05) is 18.5 Å². The lowest BCUT2D eigenvalue weighted by Crippen LogP contribution is -2.50. The normalized spacial score (nSPS) is 22.8. The Bertz CT molecular complexity index is 532. The second-order valence-electron chi connectivity index (χ2n) is 7.24. The van der Waals surface area contributed by atoms with E-state index >= 15 is 0 Å². The zero-order valence-corrected chi connectivity index (χ0v) is 13.9. The molecule has 3 heteroatoms. The highest BCUT2D eigenvalue weighted by molar-refractivity contribution is 5.77. The van der Waals surface area contributed by atoms with Crippen molar-refractivity contribution >= 4 is 5.91 Å². The summed E-state index contributed by atoms with van der Waals surface area (Å²) < 4.78 is 0. The summed E-state index contributed by atoms with van der Waals surface area (Å²) in [5.74, 6) is 0.630. The van der Waals surface area contributed by atoms with Crippen molar-refractivity contribution in [2.24, 2.45) is 0 Å². The summed E-state index contributed by atoms with van der Waals surface area (Å²) in [6.45, 7) is 0.799. The molecule has 1 aromatic carbocycles. The smallest absolute Gasteiger partial charge is 0.220 e. The molecule has 1 amide bonds. The minimum absolute atomic E-state index is 0.184. The van der Waals surface area contributed by atoms with Crippen LogP contribution in [-0.4, -0.2) is 37.0 Å². The van der Waals surface area contributed by atoms with Crippen molar-refractivity contribution < 1.29 is 4.79 Å². The van der Waals surface area contributed by atoms with Gasteiger partial charge in [0.1, 0.15) is 0 Å². The first kappa shape index (κ1) is 15.5. The molecule has 1 N–H and O–H groups in total. The Hall–Kier alpha value is -1.35. The molecule has 2 aliphatic carbocycles. The maximum atomic E-state index is 12.4. The third-order valence-electron chi connectivity index (χ3n) is 5.79. The number of likely N-dealkylation sites (N-methyl/N-ethyl adjacent to an activating group) is 1. The maximum Gasteiger partial charge on any atom is 0.220 e. The van der Waals surface area contributed by atoms with Crippen molar-refractivity contribution in [1.82, 2.24) is 10.2 Å². The number of carbonyl (C=O) groups excluding carboxylic acids is 1. The Labute approximate surface area is 134 Å². The van der Waals surface area contributed by atoms with Gasteiger partial charge in [0.05, 0.1) is 0 Å². The van der Waals surface area contributed by atoms with E-state index in [0.717, 1.165) is 19.4 Å². The van der Waals surface area contributed by atoms with Crippen LogP contribution in [0.2, 0.25) is 0 Å². The Balaban J connectivity index is 1.55. The largest absolute Gasteiger partial charge is 0.354 e. The summed E-state index contributed by atoms with van der Waals surface area (Å²) in [4.78, 5) is 14.7. The van der Waals surface area contributed by atoms with E-state index in [1.165, 1.54) is 36.8 Å². The van der Waals surface area contributed by atoms with Crippen molar-refractivity contribution in [2.45, 2.75) is 56.4 Å². The van der Waals surface area contributed by atoms with Crippen molar-refractivity contribution in [2.75, 3.05) is 20.6 Å². The molecule has 0 aliphatic heterocycles. The predicted octanol–water partition coefficient (Wildman–Crippen LogP) is 3.10. The minimum Gasteiger partial charge on any atom is -0.354 e. The number of carbonyl (C=O) groups is 1. The highest BCUT2D eigenvalue weighted by atomic mass is 16.1. The van der Waals surface area contributed by atoms with E-state index < -0.39 is 0 Å². The molecule has 1 unspecified atom stereocenters. The van der Waals surface area contributed by atoms with E-state index in [9.17, 15) is 4.79 Å². The zero-order valence-electron chi connectivity index (χ0n) is 13.9. The average molecular weight is 300 g/mol. The van der Waals surface area contributed by atoms with Gasteiger partial charge in [0.15, 0.2) is 0 Å². The fraction of sp³-hybridized carbons (Fsp3) is 0.632. The van der Waals surface area contributed by atoms with Gasteiger partial charge in [-0.05, 0) is 56.8 Å². The van der Waals surface area contributed by atoms with Crippen LogP contribution >= 0.6 is 0 Å². The van der Waals surface area contributed by atoms with Gasteiger partial charge in [-0.1, -0.05) is 37.1 Å². The molecule has 22 heavy (non-hydrogen) atoms. The van der Waals surface area contributed by atoms with E-state index in [2.05, 4.69) is 48.6 Å². The van der Waals surface area contributed by atoms with Crippen LogP contribution in [0.15, 0.2) is 24.3 Å². The second-order valence-corrected chi connectivity index (χ2v) is 7.24. The molecule has 1 saturated carbocycles. The maximum absolute atomic E-state index is 12.4. The lowest BCUT2D eigenvalue weighted by molar-refractivity contribution is -0.122. The summed E-state index contributed by atoms with van der Waals surface area (Å²) in [6, 6.07) is 8.59. The van der Waals surface area contributed by atoms with E-state index in [0.29, 0.717) is 12.3 Å². The summed E-state index contributed by atoms with van der Waals surface area (Å²) in [5.41, 5.74) is 3.00. The van der Waals surface area contributed by atoms with Crippen molar-refractivity contribution in [1.29, 1.82) is 0 Å². The first-order chi connectivity index (χ1) is 10.6. The Morgan fingerprint density at radius 1 is 1.27 bits per heavy atom. The van der Waals surface area contributed by atoms with Gasteiger partial charge in [-0.3, -0.25) is 4.79 Å². The molecule has 1 fully saturated rings. The highest BCUT2D eigenvalue weighted by Gasteiger charge is 2.36. The van der Waals surface area contributed by atoms with Crippen molar-refractivity contribution in [3.63, 3.8) is 0 Å². The summed E-state index contributed by atoms with van der Waals surface area (Å²) in [6.07, 6.45) is 7.84. The fourth-order valence-electron chi connectivity index (χ4n) is 4.23. The molecule has 1 aromatic rings. The van der Waals surface area contributed by atoms with Crippen LogP contribution in [-0.2, 0) is 11.2 Å². The molecule has 3 rings (SSSR count). The topological polar surface area (TPSA) is 32.3 Å². The number of rotatable bonds is 5. The zero-order chi connectivity index (χ0) is 15.6. The lowest BCUT2D eigenvalue weighted by Gasteiger charge is -2.36. The predicted molar refractivity (Wildman–Crippen MR) is 90.0 cm³/mol. The number of fused-ring (bicyclic) bond motifs is 1. The van der Waals surface area contributed by atoms with Crippen molar-refractivity contribution in [3.05, 3.63) is 35.4 Å². The number of hydrogen-bond acceptors (Lipinski definition) is 2. The summed E-state index contributed by atoms with van der Waals surface area (Å²) >= 11 is 0. The van der Waals surface area contributed by atoms with Gasteiger partial charge in [-0.2, -0.15) is 0 Å². The quantitative estimate of drug-likeness (QED) is 0.906. The average Bonchev–Trinajstić information content (AvgIpc) is 3.14. The van der Waals surface area contributed by atoms with Crippen LogP contribution in [0, 0.1) is 0 Å². The van der Waals surface area contributed by atoms with Crippen LogP contribution in [0.25, 0.3) is 0 Å². The van der Waals surface area contributed by atoms with Crippen LogP contribution in [0.4, 0.5) is 0 Å². The number of nitrogens with one attached hydrogen (secondary N) is 1. The Morgan fingerprint density at radius 3 is 2.73 bits per heavy atom. The van der Waals surface area contributed by atoms with Crippen LogP contribution in [0.1, 0.15) is 55.6 Å².